The van der Waals surface area contributed by atoms with E-state index in [0.717, 1.165) is 41.9 Å². The summed E-state index contributed by atoms with van der Waals surface area (Å²) in [5.74, 6) is 5.92. The van der Waals surface area contributed by atoms with Crippen LogP contribution in [0.5, 0.6) is 0 Å². The van der Waals surface area contributed by atoms with Gasteiger partial charge in [0.1, 0.15) is 6.07 Å². The average molecular weight is 394 g/mol. The highest BCUT2D eigenvalue weighted by molar-refractivity contribution is 5.82. The minimum absolute atomic E-state index is 0.173. The Morgan fingerprint density at radius 2 is 2.00 bits per heavy atom. The molecule has 4 nitrogen and oxygen atoms in total. The van der Waals surface area contributed by atoms with Crippen LogP contribution in [0.2, 0.25) is 0 Å². The van der Waals surface area contributed by atoms with Crippen molar-refractivity contribution in [3.05, 3.63) is 18.0 Å². The van der Waals surface area contributed by atoms with Crippen molar-refractivity contribution in [1.82, 2.24) is 9.78 Å². The van der Waals surface area contributed by atoms with Gasteiger partial charge in [-0.15, -0.1) is 0 Å². The second kappa shape index (κ2) is 7.25. The van der Waals surface area contributed by atoms with E-state index in [-0.39, 0.29) is 11.3 Å². The summed E-state index contributed by atoms with van der Waals surface area (Å²) in [6.07, 6.45) is 15.3. The van der Waals surface area contributed by atoms with Gasteiger partial charge in [0.15, 0.2) is 5.78 Å². The highest BCUT2D eigenvalue weighted by Crippen LogP contribution is 2.64. The number of rotatable bonds is 3. The molecule has 8 atom stereocenters. The molecule has 0 N–H and O–H groups in total. The van der Waals surface area contributed by atoms with E-state index in [1.807, 2.05) is 0 Å². The van der Waals surface area contributed by atoms with Gasteiger partial charge in [-0.25, -0.2) is 0 Å². The lowest BCUT2D eigenvalue weighted by Gasteiger charge is -2.56. The van der Waals surface area contributed by atoms with E-state index >= 15 is 0 Å². The second-order valence-corrected chi connectivity index (χ2v) is 11.0. The van der Waals surface area contributed by atoms with Crippen molar-refractivity contribution in [1.29, 1.82) is 5.26 Å². The molecule has 0 spiro atoms. The van der Waals surface area contributed by atoms with Crippen LogP contribution >= 0.6 is 0 Å². The molecule has 1 aromatic heterocycles. The Hall–Kier alpha value is -1.63. The first-order valence-corrected chi connectivity index (χ1v) is 11.9. The van der Waals surface area contributed by atoms with Crippen LogP contribution in [0.15, 0.2) is 12.4 Å². The summed E-state index contributed by atoms with van der Waals surface area (Å²) in [5.41, 5.74) is 0.713. The minimum Gasteiger partial charge on any atom is -0.297 e. The number of hydrogen-bond donors (Lipinski definition) is 0. The van der Waals surface area contributed by atoms with E-state index in [0.29, 0.717) is 17.9 Å². The van der Waals surface area contributed by atoms with Crippen LogP contribution in [0.4, 0.5) is 0 Å². The first kappa shape index (κ1) is 19.3. The molecule has 0 aliphatic heterocycles. The van der Waals surface area contributed by atoms with Gasteiger partial charge in [-0.05, 0) is 92.3 Å². The summed E-state index contributed by atoms with van der Waals surface area (Å²) < 4.78 is 1.66. The molecule has 7 unspecified atom stereocenters. The third kappa shape index (κ3) is 3.16. The molecule has 1 heterocycles. The maximum Gasteiger partial charge on any atom is 0.157 e. The molecule has 1 aromatic rings. The molecule has 4 aliphatic carbocycles. The van der Waals surface area contributed by atoms with Crippen molar-refractivity contribution in [2.24, 2.45) is 46.8 Å². The van der Waals surface area contributed by atoms with Gasteiger partial charge in [0.25, 0.3) is 0 Å². The molecular weight excluding hydrogens is 358 g/mol. The normalized spacial score (nSPS) is 43.7. The molecule has 0 bridgehead atoms. The van der Waals surface area contributed by atoms with E-state index in [9.17, 15) is 4.79 Å². The molecular formula is C25H35N3O. The Morgan fingerprint density at radius 1 is 1.17 bits per heavy atom. The Bertz CT molecular complexity index is 822. The largest absolute Gasteiger partial charge is 0.297 e. The second-order valence-electron chi connectivity index (χ2n) is 11.0. The quantitative estimate of drug-likeness (QED) is 0.706. The molecule has 4 aliphatic rings. The SMILES string of the molecule is CC1CCC2C(CCC3C2CCC2(C)C3CC[C@@H]2C(=O)Cn2cc(C#N)cn2)C1. The van der Waals surface area contributed by atoms with Crippen molar-refractivity contribution in [3.8, 4) is 6.07 Å². The lowest BCUT2D eigenvalue weighted by molar-refractivity contribution is -0.131. The maximum absolute atomic E-state index is 13.3. The molecule has 29 heavy (non-hydrogen) atoms. The van der Waals surface area contributed by atoms with Crippen LogP contribution in [0.25, 0.3) is 0 Å². The van der Waals surface area contributed by atoms with Gasteiger partial charge in [0.2, 0.25) is 0 Å². The lowest BCUT2D eigenvalue weighted by Crippen LogP contribution is -2.49. The van der Waals surface area contributed by atoms with E-state index in [4.69, 9.17) is 5.26 Å². The van der Waals surface area contributed by atoms with Gasteiger partial charge >= 0.3 is 0 Å². The summed E-state index contributed by atoms with van der Waals surface area (Å²) in [5, 5.41) is 13.2. The van der Waals surface area contributed by atoms with Gasteiger partial charge in [-0.3, -0.25) is 9.48 Å². The predicted octanol–water partition coefficient (Wildman–Crippen LogP) is 5.23. The smallest absolute Gasteiger partial charge is 0.157 e. The zero-order chi connectivity index (χ0) is 20.2. The number of fused-ring (bicyclic) bond motifs is 5. The number of nitrogens with zero attached hydrogens (tertiary/aromatic N) is 3. The molecule has 4 saturated carbocycles. The maximum atomic E-state index is 13.3. The first-order chi connectivity index (χ1) is 14.0. The van der Waals surface area contributed by atoms with Gasteiger partial charge in [0, 0.05) is 12.1 Å². The van der Waals surface area contributed by atoms with Gasteiger partial charge in [0.05, 0.1) is 18.3 Å². The number of Topliss-reactive ketones (excluding diaryl/α,β-unsaturated/α-hetero) is 1. The molecule has 0 amide bonds. The van der Waals surface area contributed by atoms with Crippen molar-refractivity contribution >= 4 is 5.78 Å². The monoisotopic (exact) mass is 393 g/mol. The molecule has 0 saturated heterocycles. The number of nitriles is 1. The fourth-order valence-corrected chi connectivity index (χ4v) is 8.39. The third-order valence-electron chi connectivity index (χ3n) is 9.69. The fraction of sp³-hybridized carbons (Fsp3) is 0.800. The van der Waals surface area contributed by atoms with Crippen LogP contribution < -0.4 is 0 Å². The van der Waals surface area contributed by atoms with Gasteiger partial charge in [-0.1, -0.05) is 20.3 Å². The van der Waals surface area contributed by atoms with Gasteiger partial charge in [-0.2, -0.15) is 10.4 Å². The zero-order valence-corrected chi connectivity index (χ0v) is 18.0. The van der Waals surface area contributed by atoms with Crippen LogP contribution in [0, 0.1) is 58.2 Å². The number of carbonyl (C=O) groups excluding carboxylic acids is 1. The summed E-state index contributed by atoms with van der Waals surface area (Å²) in [6.45, 7) is 5.21. The minimum atomic E-state index is 0.173. The number of ketones is 1. The van der Waals surface area contributed by atoms with E-state index in [2.05, 4.69) is 25.0 Å². The number of hydrogen-bond acceptors (Lipinski definition) is 3. The Labute approximate surface area is 175 Å². The third-order valence-corrected chi connectivity index (χ3v) is 9.69. The first-order valence-electron chi connectivity index (χ1n) is 11.9. The topological polar surface area (TPSA) is 58.7 Å². The standard InChI is InChI=1S/C25H35N3O/c1-16-3-5-19-18(11-16)4-6-21-20(19)9-10-25(2)22(21)7-8-23(25)24(29)15-28-14-17(12-26)13-27-28/h13-14,16,18-23H,3-11,15H2,1-2H3/t16?,18?,19?,20?,21?,22?,23-,25?/m1/s1. The molecule has 4 fully saturated rings. The lowest BCUT2D eigenvalue weighted by atomic mass is 9.49. The summed E-state index contributed by atoms with van der Waals surface area (Å²) in [6, 6.07) is 2.10. The molecule has 0 radical (unpaired) electrons. The molecule has 156 valence electrons. The summed E-state index contributed by atoms with van der Waals surface area (Å²) >= 11 is 0. The predicted molar refractivity (Wildman–Crippen MR) is 112 cm³/mol. The fourth-order valence-electron chi connectivity index (χ4n) is 8.39. The Balaban J connectivity index is 1.31. The molecule has 5 rings (SSSR count). The van der Waals surface area contributed by atoms with Crippen molar-refractivity contribution in [2.45, 2.75) is 78.2 Å². The summed E-state index contributed by atoms with van der Waals surface area (Å²) in [7, 11) is 0. The summed E-state index contributed by atoms with van der Waals surface area (Å²) in [4.78, 5) is 13.3. The van der Waals surface area contributed by atoms with Crippen LogP contribution in [-0.4, -0.2) is 15.6 Å². The van der Waals surface area contributed by atoms with Gasteiger partial charge < -0.3 is 0 Å². The Morgan fingerprint density at radius 3 is 2.79 bits per heavy atom. The highest BCUT2D eigenvalue weighted by Gasteiger charge is 2.58. The zero-order valence-electron chi connectivity index (χ0n) is 18.0. The number of carbonyl (C=O) groups is 1. The highest BCUT2D eigenvalue weighted by atomic mass is 16.1. The van der Waals surface area contributed by atoms with E-state index in [1.165, 1.54) is 51.4 Å². The Kier molecular flexibility index (Phi) is 4.84. The van der Waals surface area contributed by atoms with Crippen molar-refractivity contribution in [2.75, 3.05) is 0 Å². The van der Waals surface area contributed by atoms with Crippen molar-refractivity contribution in [3.63, 3.8) is 0 Å². The van der Waals surface area contributed by atoms with E-state index < -0.39 is 0 Å². The van der Waals surface area contributed by atoms with Crippen LogP contribution in [-0.2, 0) is 11.3 Å². The molecule has 4 heteroatoms. The van der Waals surface area contributed by atoms with Crippen molar-refractivity contribution < 1.29 is 4.79 Å². The average Bonchev–Trinajstić information content (AvgIpc) is 3.30. The number of aromatic nitrogens is 2. The molecule has 0 aromatic carbocycles. The van der Waals surface area contributed by atoms with Crippen LogP contribution in [0.1, 0.15) is 77.2 Å². The van der Waals surface area contributed by atoms with E-state index in [1.54, 1.807) is 17.1 Å². The van der Waals surface area contributed by atoms with Crippen LogP contribution in [0.3, 0.4) is 0 Å².